The third kappa shape index (κ3) is 12.4. The summed E-state index contributed by atoms with van der Waals surface area (Å²) in [4.78, 5) is 23.6. The van der Waals surface area contributed by atoms with Gasteiger partial charge in [-0.15, -0.1) is 0 Å². The number of aliphatic carboxylic acids is 2. The van der Waals surface area contributed by atoms with Crippen LogP contribution in [0.25, 0.3) is 0 Å². The van der Waals surface area contributed by atoms with Gasteiger partial charge in [-0.2, -0.15) is 0 Å². The zero-order valence-electron chi connectivity index (χ0n) is 14.7. The molecule has 0 aromatic heterocycles. The fourth-order valence-electron chi connectivity index (χ4n) is 1.84. The maximum atomic E-state index is 10.7. The minimum atomic E-state index is -1.26. The second-order valence-corrected chi connectivity index (χ2v) is 4.21. The predicted octanol–water partition coefficient (Wildman–Crippen LogP) is -4.09. The summed E-state index contributed by atoms with van der Waals surface area (Å²) in [6.07, 6.45) is 2.93. The van der Waals surface area contributed by atoms with Crippen LogP contribution < -0.4 is 59.1 Å². The van der Waals surface area contributed by atoms with Crippen molar-refractivity contribution in [1.82, 2.24) is 4.90 Å². The standard InChI is InChI=1S/C12H23NO4.2Na.2H/c1-3-7-13(8-4-2)9-5-6-10(11(14)15)12(16)17;;;;/h10H,3-9H2,1-2H3,(H,14,15)(H,16,17);;;;/q;2*+1;2*-1. The van der Waals surface area contributed by atoms with Crippen LogP contribution in [0.2, 0.25) is 0 Å². The van der Waals surface area contributed by atoms with Crippen LogP contribution in [0.4, 0.5) is 0 Å². The monoisotopic (exact) mass is 293 g/mol. The van der Waals surface area contributed by atoms with Crippen molar-refractivity contribution in [1.29, 1.82) is 0 Å². The van der Waals surface area contributed by atoms with Gasteiger partial charge in [0.25, 0.3) is 0 Å². The second-order valence-electron chi connectivity index (χ2n) is 4.21. The van der Waals surface area contributed by atoms with E-state index >= 15 is 0 Å². The van der Waals surface area contributed by atoms with Crippen LogP contribution in [0.15, 0.2) is 0 Å². The number of hydrogen-bond acceptors (Lipinski definition) is 3. The summed E-state index contributed by atoms with van der Waals surface area (Å²) in [7, 11) is 0. The van der Waals surface area contributed by atoms with E-state index in [2.05, 4.69) is 18.7 Å². The first-order chi connectivity index (χ1) is 8.02. The zero-order chi connectivity index (χ0) is 13.3. The van der Waals surface area contributed by atoms with Gasteiger partial charge >= 0.3 is 71.1 Å². The Kier molecular flexibility index (Phi) is 20.0. The average molecular weight is 293 g/mol. The molecule has 0 radical (unpaired) electrons. The van der Waals surface area contributed by atoms with Gasteiger partial charge in [-0.05, 0) is 45.3 Å². The van der Waals surface area contributed by atoms with E-state index < -0.39 is 17.9 Å². The Labute approximate surface area is 162 Å². The van der Waals surface area contributed by atoms with Crippen LogP contribution in [0.5, 0.6) is 0 Å². The summed E-state index contributed by atoms with van der Waals surface area (Å²) in [5.41, 5.74) is 0. The van der Waals surface area contributed by atoms with Gasteiger partial charge in [0, 0.05) is 0 Å². The minimum Gasteiger partial charge on any atom is -1.00 e. The van der Waals surface area contributed by atoms with E-state index in [0.29, 0.717) is 6.42 Å². The summed E-state index contributed by atoms with van der Waals surface area (Å²) in [5, 5.41) is 17.4. The summed E-state index contributed by atoms with van der Waals surface area (Å²) < 4.78 is 0. The molecule has 0 unspecified atom stereocenters. The molecule has 0 spiro atoms. The molecule has 0 rings (SSSR count). The van der Waals surface area contributed by atoms with Crippen LogP contribution in [-0.4, -0.2) is 46.7 Å². The maximum absolute atomic E-state index is 10.7. The molecule has 0 aliphatic rings. The number of hydrogen-bond donors (Lipinski definition) is 2. The average Bonchev–Trinajstić information content (AvgIpc) is 2.23. The molecule has 7 heteroatoms. The molecule has 2 N–H and O–H groups in total. The van der Waals surface area contributed by atoms with Gasteiger partial charge < -0.3 is 18.0 Å². The Morgan fingerprint density at radius 3 is 1.74 bits per heavy atom. The first kappa shape index (κ1) is 24.9. The summed E-state index contributed by atoms with van der Waals surface area (Å²) in [5.74, 6) is -3.75. The zero-order valence-corrected chi connectivity index (χ0v) is 16.7. The first-order valence-corrected chi connectivity index (χ1v) is 6.20. The smallest absolute Gasteiger partial charge is 1.00 e. The maximum Gasteiger partial charge on any atom is 1.00 e. The number of carbonyl (C=O) groups is 2. The van der Waals surface area contributed by atoms with E-state index in [0.717, 1.165) is 32.5 Å². The largest absolute Gasteiger partial charge is 1.00 e. The Balaban J connectivity index is -0.000000213. The number of carboxylic acid groups (broad SMARTS) is 2. The van der Waals surface area contributed by atoms with Crippen molar-refractivity contribution in [2.24, 2.45) is 5.92 Å². The molecule has 0 bridgehead atoms. The van der Waals surface area contributed by atoms with E-state index in [4.69, 9.17) is 10.2 Å². The Morgan fingerprint density at radius 1 is 1.00 bits per heavy atom. The van der Waals surface area contributed by atoms with Gasteiger partial charge in [-0.25, -0.2) is 0 Å². The molecule has 0 aromatic carbocycles. The third-order valence-electron chi connectivity index (χ3n) is 2.64. The molecular formula is C12H25NNa2O4. The van der Waals surface area contributed by atoms with E-state index in [9.17, 15) is 9.59 Å². The predicted molar refractivity (Wildman–Crippen MR) is 67.2 cm³/mol. The SMILES string of the molecule is CCCN(CCC)CCCC(C(=O)O)C(=O)O.[H-].[H-].[Na+].[Na+]. The van der Waals surface area contributed by atoms with E-state index in [1.54, 1.807) is 0 Å². The minimum absolute atomic E-state index is 0. The molecule has 0 aliphatic heterocycles. The number of carboxylic acids is 2. The van der Waals surface area contributed by atoms with Crippen molar-refractivity contribution in [3.8, 4) is 0 Å². The fraction of sp³-hybridized carbons (Fsp3) is 0.833. The van der Waals surface area contributed by atoms with Crippen molar-refractivity contribution in [3.63, 3.8) is 0 Å². The number of nitrogens with zero attached hydrogens (tertiary/aromatic N) is 1. The van der Waals surface area contributed by atoms with E-state index in [-0.39, 0.29) is 68.4 Å². The summed E-state index contributed by atoms with van der Waals surface area (Å²) >= 11 is 0. The molecule has 0 amide bonds. The van der Waals surface area contributed by atoms with Crippen molar-refractivity contribution >= 4 is 11.9 Å². The van der Waals surface area contributed by atoms with Crippen molar-refractivity contribution in [3.05, 3.63) is 0 Å². The topological polar surface area (TPSA) is 77.8 Å². The third-order valence-corrected chi connectivity index (χ3v) is 2.64. The fourth-order valence-corrected chi connectivity index (χ4v) is 1.84. The normalized spacial score (nSPS) is 9.89. The van der Waals surface area contributed by atoms with Crippen LogP contribution in [0.3, 0.4) is 0 Å². The summed E-state index contributed by atoms with van der Waals surface area (Å²) in [6, 6.07) is 0. The molecule has 0 saturated carbocycles. The molecule has 104 valence electrons. The van der Waals surface area contributed by atoms with Crippen LogP contribution in [0.1, 0.15) is 42.4 Å². The molecule has 0 aliphatic carbocycles. The number of rotatable bonds is 10. The molecule has 19 heavy (non-hydrogen) atoms. The molecule has 5 nitrogen and oxygen atoms in total. The quantitative estimate of drug-likeness (QED) is 0.316. The molecule has 0 atom stereocenters. The van der Waals surface area contributed by atoms with Gasteiger partial charge in [-0.3, -0.25) is 9.59 Å². The van der Waals surface area contributed by atoms with Gasteiger partial charge in [-0.1, -0.05) is 13.8 Å². The van der Waals surface area contributed by atoms with Gasteiger partial charge in [0.15, 0.2) is 5.92 Å². The van der Waals surface area contributed by atoms with E-state index in [1.165, 1.54) is 0 Å². The van der Waals surface area contributed by atoms with E-state index in [1.807, 2.05) is 0 Å². The van der Waals surface area contributed by atoms with Crippen LogP contribution in [0, 0.1) is 5.92 Å². The molecule has 0 heterocycles. The Morgan fingerprint density at radius 2 is 1.42 bits per heavy atom. The molecule has 0 fully saturated rings. The Bertz CT molecular complexity index is 241. The Hall–Kier alpha value is 0.900. The summed E-state index contributed by atoms with van der Waals surface area (Å²) in [6.45, 7) is 6.94. The van der Waals surface area contributed by atoms with Crippen molar-refractivity contribution in [2.45, 2.75) is 39.5 Å². The molecular weight excluding hydrogens is 268 g/mol. The molecule has 0 aromatic rings. The van der Waals surface area contributed by atoms with Gasteiger partial charge in [0.05, 0.1) is 0 Å². The van der Waals surface area contributed by atoms with Crippen molar-refractivity contribution in [2.75, 3.05) is 19.6 Å². The first-order valence-electron chi connectivity index (χ1n) is 6.20. The van der Waals surface area contributed by atoms with Crippen LogP contribution in [-0.2, 0) is 9.59 Å². The molecule has 0 saturated heterocycles. The van der Waals surface area contributed by atoms with Crippen molar-refractivity contribution < 1.29 is 81.8 Å². The van der Waals surface area contributed by atoms with Gasteiger partial charge in [0.2, 0.25) is 0 Å². The van der Waals surface area contributed by atoms with Gasteiger partial charge in [0.1, 0.15) is 0 Å². The second kappa shape index (κ2) is 15.3. The van der Waals surface area contributed by atoms with Crippen LogP contribution >= 0.6 is 0 Å².